The maximum atomic E-state index is 11.5. The lowest BCUT2D eigenvalue weighted by Crippen LogP contribution is -2.47. The summed E-state index contributed by atoms with van der Waals surface area (Å²) in [5, 5.41) is 6.76. The lowest BCUT2D eigenvalue weighted by atomic mass is 9.96. The van der Waals surface area contributed by atoms with E-state index in [4.69, 9.17) is 4.74 Å². The van der Waals surface area contributed by atoms with E-state index in [1.54, 1.807) is 19.2 Å². The third-order valence-electron chi connectivity index (χ3n) is 4.71. The van der Waals surface area contributed by atoms with Crippen LogP contribution in [0.15, 0.2) is 34.2 Å². The van der Waals surface area contributed by atoms with Crippen LogP contribution in [-0.4, -0.2) is 52.5 Å². The monoisotopic (exact) mass is 479 g/mol. The second-order valence-electron chi connectivity index (χ2n) is 6.53. The number of hydrogen-bond acceptors (Lipinski definition) is 4. The SMILES string of the molecule is CN=C(NCCc1ccc(S(C)(=O)=O)cc1)NC1CC2CCC1O2.I. The molecule has 6 nitrogen and oxygen atoms in total. The van der Waals surface area contributed by atoms with E-state index in [9.17, 15) is 8.42 Å². The largest absolute Gasteiger partial charge is 0.373 e. The van der Waals surface area contributed by atoms with Crippen molar-refractivity contribution in [3.05, 3.63) is 29.8 Å². The van der Waals surface area contributed by atoms with Crippen molar-refractivity contribution in [2.45, 2.75) is 48.8 Å². The first-order valence-electron chi connectivity index (χ1n) is 8.37. The molecule has 1 aromatic rings. The highest BCUT2D eigenvalue weighted by atomic mass is 127. The molecule has 2 saturated heterocycles. The van der Waals surface area contributed by atoms with Gasteiger partial charge in [0.25, 0.3) is 0 Å². The van der Waals surface area contributed by atoms with Crippen molar-refractivity contribution in [1.29, 1.82) is 0 Å². The Labute approximate surface area is 166 Å². The lowest BCUT2D eigenvalue weighted by Gasteiger charge is -2.22. The average molecular weight is 479 g/mol. The second-order valence-corrected chi connectivity index (χ2v) is 8.54. The number of halogens is 1. The summed E-state index contributed by atoms with van der Waals surface area (Å²) in [5.41, 5.74) is 1.09. The molecule has 2 fully saturated rings. The normalized spacial score (nSPS) is 25.5. The van der Waals surface area contributed by atoms with Crippen LogP contribution in [-0.2, 0) is 21.0 Å². The number of rotatable bonds is 5. The molecular formula is C17H26IN3O3S. The molecule has 0 aliphatic carbocycles. The Morgan fingerprint density at radius 3 is 2.52 bits per heavy atom. The van der Waals surface area contributed by atoms with Crippen LogP contribution in [0.1, 0.15) is 24.8 Å². The first-order valence-corrected chi connectivity index (χ1v) is 10.3. The number of aliphatic imine (C=N–C) groups is 1. The molecule has 3 atom stereocenters. The maximum Gasteiger partial charge on any atom is 0.191 e. The predicted octanol–water partition coefficient (Wildman–Crippen LogP) is 1.74. The first-order chi connectivity index (χ1) is 11.5. The molecule has 1 aromatic carbocycles. The van der Waals surface area contributed by atoms with Crippen molar-refractivity contribution in [3.63, 3.8) is 0 Å². The van der Waals surface area contributed by atoms with E-state index in [0.29, 0.717) is 23.1 Å². The fourth-order valence-corrected chi connectivity index (χ4v) is 4.02. The van der Waals surface area contributed by atoms with E-state index < -0.39 is 9.84 Å². The van der Waals surface area contributed by atoms with Gasteiger partial charge in [0.2, 0.25) is 0 Å². The molecule has 0 aromatic heterocycles. The minimum Gasteiger partial charge on any atom is -0.373 e. The Bertz CT molecular complexity index is 706. The molecule has 3 rings (SSSR count). The third-order valence-corrected chi connectivity index (χ3v) is 5.84. The smallest absolute Gasteiger partial charge is 0.191 e. The number of fused-ring (bicyclic) bond motifs is 2. The van der Waals surface area contributed by atoms with Crippen molar-refractivity contribution in [2.75, 3.05) is 19.8 Å². The molecule has 8 heteroatoms. The average Bonchev–Trinajstić information content (AvgIpc) is 3.16. The van der Waals surface area contributed by atoms with Crippen LogP contribution in [0.3, 0.4) is 0 Å². The molecule has 0 spiro atoms. The van der Waals surface area contributed by atoms with Gasteiger partial charge in [-0.1, -0.05) is 12.1 Å². The van der Waals surface area contributed by atoms with Gasteiger partial charge in [0, 0.05) is 19.8 Å². The van der Waals surface area contributed by atoms with Crippen LogP contribution in [0.5, 0.6) is 0 Å². The van der Waals surface area contributed by atoms with E-state index >= 15 is 0 Å². The van der Waals surface area contributed by atoms with Crippen molar-refractivity contribution in [3.8, 4) is 0 Å². The standard InChI is InChI=1S/C17H25N3O3S.HI/c1-18-17(20-15-11-13-5-8-16(15)23-13)19-10-9-12-3-6-14(7-4-12)24(2,21)22;/h3-4,6-7,13,15-16H,5,8-11H2,1-2H3,(H2,18,19,20);1H. The minimum atomic E-state index is -3.13. The Morgan fingerprint density at radius 2 is 2.00 bits per heavy atom. The number of guanidine groups is 1. The third kappa shape index (κ3) is 5.30. The van der Waals surface area contributed by atoms with Gasteiger partial charge in [0.15, 0.2) is 15.8 Å². The molecule has 2 heterocycles. The highest BCUT2D eigenvalue weighted by Gasteiger charge is 2.41. The van der Waals surface area contributed by atoms with Crippen molar-refractivity contribution < 1.29 is 13.2 Å². The van der Waals surface area contributed by atoms with Crippen LogP contribution in [0.4, 0.5) is 0 Å². The Morgan fingerprint density at radius 1 is 1.28 bits per heavy atom. The number of ether oxygens (including phenoxy) is 1. The molecule has 0 radical (unpaired) electrons. The maximum absolute atomic E-state index is 11.5. The van der Waals surface area contributed by atoms with Crippen molar-refractivity contribution >= 4 is 39.8 Å². The van der Waals surface area contributed by atoms with Gasteiger partial charge in [-0.3, -0.25) is 4.99 Å². The molecule has 3 unspecified atom stereocenters. The molecule has 0 saturated carbocycles. The Kier molecular flexibility index (Phi) is 7.10. The number of hydrogen-bond donors (Lipinski definition) is 2. The van der Waals surface area contributed by atoms with Crippen molar-refractivity contribution in [1.82, 2.24) is 10.6 Å². The zero-order valence-electron chi connectivity index (χ0n) is 14.6. The van der Waals surface area contributed by atoms with E-state index in [1.165, 1.54) is 12.7 Å². The lowest BCUT2D eigenvalue weighted by molar-refractivity contribution is 0.0992. The van der Waals surface area contributed by atoms with Gasteiger partial charge in [-0.15, -0.1) is 24.0 Å². The van der Waals surface area contributed by atoms with Crippen LogP contribution < -0.4 is 10.6 Å². The zero-order chi connectivity index (χ0) is 17.2. The topological polar surface area (TPSA) is 79.8 Å². The quantitative estimate of drug-likeness (QED) is 0.382. The van der Waals surface area contributed by atoms with Gasteiger partial charge < -0.3 is 15.4 Å². The van der Waals surface area contributed by atoms with Crippen LogP contribution >= 0.6 is 24.0 Å². The fourth-order valence-electron chi connectivity index (χ4n) is 3.39. The molecule has 2 bridgehead atoms. The van der Waals surface area contributed by atoms with Gasteiger partial charge in [0.05, 0.1) is 23.1 Å². The number of nitrogens with zero attached hydrogens (tertiary/aromatic N) is 1. The summed E-state index contributed by atoms with van der Waals surface area (Å²) in [4.78, 5) is 4.63. The van der Waals surface area contributed by atoms with Crippen LogP contribution in [0, 0.1) is 0 Å². The van der Waals surface area contributed by atoms with E-state index in [1.807, 2.05) is 12.1 Å². The summed E-state index contributed by atoms with van der Waals surface area (Å²) in [6.45, 7) is 0.736. The molecule has 2 aliphatic heterocycles. The molecule has 0 amide bonds. The predicted molar refractivity (Wildman–Crippen MR) is 109 cm³/mol. The van der Waals surface area contributed by atoms with Crippen LogP contribution in [0.2, 0.25) is 0 Å². The zero-order valence-corrected chi connectivity index (χ0v) is 17.7. The second kappa shape index (κ2) is 8.68. The fraction of sp³-hybridized carbons (Fsp3) is 0.588. The van der Waals surface area contributed by atoms with E-state index in [0.717, 1.165) is 37.3 Å². The summed E-state index contributed by atoms with van der Waals surface area (Å²) in [5.74, 6) is 0.795. The van der Waals surface area contributed by atoms with Gasteiger partial charge >= 0.3 is 0 Å². The molecular weight excluding hydrogens is 453 g/mol. The van der Waals surface area contributed by atoms with Crippen LogP contribution in [0.25, 0.3) is 0 Å². The number of sulfone groups is 1. The Hall–Kier alpha value is -0.870. The minimum absolute atomic E-state index is 0. The number of benzene rings is 1. The molecule has 2 aliphatic rings. The summed E-state index contributed by atoms with van der Waals surface area (Å²) in [6.07, 6.45) is 6.12. The van der Waals surface area contributed by atoms with Gasteiger partial charge in [-0.25, -0.2) is 8.42 Å². The van der Waals surface area contributed by atoms with Crippen molar-refractivity contribution in [2.24, 2.45) is 4.99 Å². The summed E-state index contributed by atoms with van der Waals surface area (Å²) < 4.78 is 28.8. The van der Waals surface area contributed by atoms with Gasteiger partial charge in [0.1, 0.15) is 0 Å². The summed E-state index contributed by atoms with van der Waals surface area (Å²) in [7, 11) is -1.36. The van der Waals surface area contributed by atoms with Gasteiger partial charge in [-0.2, -0.15) is 0 Å². The first kappa shape index (κ1) is 20.4. The van der Waals surface area contributed by atoms with E-state index in [-0.39, 0.29) is 24.0 Å². The highest BCUT2D eigenvalue weighted by molar-refractivity contribution is 14.0. The molecule has 25 heavy (non-hydrogen) atoms. The van der Waals surface area contributed by atoms with E-state index in [2.05, 4.69) is 15.6 Å². The Balaban J connectivity index is 0.00000225. The molecule has 2 N–H and O–H groups in total. The summed E-state index contributed by atoms with van der Waals surface area (Å²) >= 11 is 0. The number of nitrogens with one attached hydrogen (secondary N) is 2. The molecule has 140 valence electrons. The summed E-state index contributed by atoms with van der Waals surface area (Å²) in [6, 6.07) is 7.38. The highest BCUT2D eigenvalue weighted by Crippen LogP contribution is 2.34. The van der Waals surface area contributed by atoms with Gasteiger partial charge in [-0.05, 0) is 43.4 Å².